The van der Waals surface area contributed by atoms with E-state index in [2.05, 4.69) is 22.1 Å². The van der Waals surface area contributed by atoms with Gasteiger partial charge in [-0.3, -0.25) is 4.79 Å². The molecule has 1 N–H and O–H groups in total. The normalized spacial score (nSPS) is 12.1. The van der Waals surface area contributed by atoms with Gasteiger partial charge in [-0.15, -0.1) is 16.8 Å². The van der Waals surface area contributed by atoms with Gasteiger partial charge in [-0.05, 0) is 19.9 Å². The Morgan fingerprint density at radius 2 is 2.38 bits per heavy atom. The molecule has 1 amide bonds. The summed E-state index contributed by atoms with van der Waals surface area (Å²) in [7, 11) is 1.87. The Morgan fingerprint density at radius 3 is 3.00 bits per heavy atom. The molecule has 0 bridgehead atoms. The fraction of sp³-hybridized carbons (Fsp3) is 0.357. The van der Waals surface area contributed by atoms with Gasteiger partial charge in [0.15, 0.2) is 11.0 Å². The minimum absolute atomic E-state index is 0.0519. The molecule has 6 nitrogen and oxygen atoms in total. The topological polar surface area (TPSA) is 73.0 Å². The molecular weight excluding hydrogens is 288 g/mol. The van der Waals surface area contributed by atoms with E-state index in [1.165, 1.54) is 11.8 Å². The number of hydrogen-bond donors (Lipinski definition) is 1. The van der Waals surface area contributed by atoms with Crippen molar-refractivity contribution in [2.45, 2.75) is 24.3 Å². The molecule has 0 aromatic carbocycles. The summed E-state index contributed by atoms with van der Waals surface area (Å²) in [6, 6.07) is 1.86. The first kappa shape index (κ1) is 15.4. The first-order valence-electron chi connectivity index (χ1n) is 6.53. The quantitative estimate of drug-likeness (QED) is 0.654. The van der Waals surface area contributed by atoms with E-state index in [4.69, 9.17) is 4.42 Å². The molecule has 2 aromatic heterocycles. The summed E-state index contributed by atoms with van der Waals surface area (Å²) in [5.74, 6) is 1.46. The number of aryl methyl sites for hydroxylation is 1. The fourth-order valence-corrected chi connectivity index (χ4v) is 2.64. The van der Waals surface area contributed by atoms with E-state index in [-0.39, 0.29) is 11.2 Å². The summed E-state index contributed by atoms with van der Waals surface area (Å²) in [6.45, 7) is 7.74. The van der Waals surface area contributed by atoms with E-state index < -0.39 is 0 Å². The van der Waals surface area contributed by atoms with Crippen LogP contribution in [-0.2, 0) is 11.8 Å². The van der Waals surface area contributed by atoms with Crippen molar-refractivity contribution in [3.05, 3.63) is 30.7 Å². The lowest BCUT2D eigenvalue weighted by Crippen LogP contribution is -2.31. The highest BCUT2D eigenvalue weighted by Gasteiger charge is 2.20. The third kappa shape index (κ3) is 3.36. The standard InChI is InChI=1S/C14H18N4O2S/c1-5-7-15-13(19)10(3)21-14-17-16-12(18(14)4)11-6-8-20-9(11)2/h5-6,8,10H,1,7H2,2-4H3,(H,15,19)/t10-/m0/s1. The lowest BCUT2D eigenvalue weighted by atomic mass is 10.2. The average Bonchev–Trinajstić information content (AvgIpc) is 3.03. The number of carbonyl (C=O) groups is 1. The Balaban J connectivity index is 2.12. The summed E-state index contributed by atoms with van der Waals surface area (Å²) in [5.41, 5.74) is 0.903. The van der Waals surface area contributed by atoms with E-state index in [0.29, 0.717) is 11.7 Å². The third-order valence-electron chi connectivity index (χ3n) is 3.01. The highest BCUT2D eigenvalue weighted by atomic mass is 32.2. The molecule has 0 radical (unpaired) electrons. The number of hydrogen-bond acceptors (Lipinski definition) is 5. The van der Waals surface area contributed by atoms with Crippen LogP contribution in [0, 0.1) is 6.92 Å². The Labute approximate surface area is 127 Å². The first-order valence-corrected chi connectivity index (χ1v) is 7.41. The number of nitrogens with zero attached hydrogens (tertiary/aromatic N) is 3. The largest absolute Gasteiger partial charge is 0.469 e. The Kier molecular flexibility index (Phi) is 4.85. The molecule has 1 atom stereocenters. The van der Waals surface area contributed by atoms with Crippen molar-refractivity contribution in [2.75, 3.05) is 6.54 Å². The Bertz CT molecular complexity index is 647. The summed E-state index contributed by atoms with van der Waals surface area (Å²) >= 11 is 1.37. The molecule has 0 aliphatic rings. The molecule has 2 heterocycles. The van der Waals surface area contributed by atoms with Crippen molar-refractivity contribution >= 4 is 17.7 Å². The van der Waals surface area contributed by atoms with Crippen molar-refractivity contribution in [1.82, 2.24) is 20.1 Å². The zero-order valence-corrected chi connectivity index (χ0v) is 13.1. The molecule has 21 heavy (non-hydrogen) atoms. The minimum atomic E-state index is -0.258. The van der Waals surface area contributed by atoms with Crippen LogP contribution < -0.4 is 5.32 Å². The molecule has 2 aromatic rings. The van der Waals surface area contributed by atoms with Crippen molar-refractivity contribution in [1.29, 1.82) is 0 Å². The Hall–Kier alpha value is -2.02. The lowest BCUT2D eigenvalue weighted by Gasteiger charge is -2.10. The minimum Gasteiger partial charge on any atom is -0.469 e. The van der Waals surface area contributed by atoms with Crippen LogP contribution in [0.15, 0.2) is 34.6 Å². The van der Waals surface area contributed by atoms with Gasteiger partial charge < -0.3 is 14.3 Å². The van der Waals surface area contributed by atoms with Crippen molar-refractivity contribution in [3.63, 3.8) is 0 Å². The Morgan fingerprint density at radius 1 is 1.62 bits per heavy atom. The molecule has 0 aliphatic heterocycles. The monoisotopic (exact) mass is 306 g/mol. The van der Waals surface area contributed by atoms with E-state index in [9.17, 15) is 4.79 Å². The molecular formula is C14H18N4O2S. The third-order valence-corrected chi connectivity index (χ3v) is 4.14. The van der Waals surface area contributed by atoms with E-state index in [1.54, 1.807) is 12.3 Å². The van der Waals surface area contributed by atoms with Gasteiger partial charge in [0.1, 0.15) is 5.76 Å². The van der Waals surface area contributed by atoms with Gasteiger partial charge >= 0.3 is 0 Å². The van der Waals surface area contributed by atoms with Crippen LogP contribution >= 0.6 is 11.8 Å². The molecule has 0 unspecified atom stereocenters. The molecule has 0 aliphatic carbocycles. The van der Waals surface area contributed by atoms with Crippen molar-refractivity contribution < 1.29 is 9.21 Å². The van der Waals surface area contributed by atoms with E-state index in [0.717, 1.165) is 17.1 Å². The summed E-state index contributed by atoms with van der Waals surface area (Å²) < 4.78 is 7.15. The van der Waals surface area contributed by atoms with E-state index >= 15 is 0 Å². The van der Waals surface area contributed by atoms with Gasteiger partial charge in [-0.2, -0.15) is 0 Å². The van der Waals surface area contributed by atoms with Crippen LogP contribution in [0.25, 0.3) is 11.4 Å². The summed E-state index contributed by atoms with van der Waals surface area (Å²) in [4.78, 5) is 11.9. The maximum Gasteiger partial charge on any atom is 0.233 e. The number of aromatic nitrogens is 3. The van der Waals surface area contributed by atoms with Crippen molar-refractivity contribution in [3.8, 4) is 11.4 Å². The highest BCUT2D eigenvalue weighted by molar-refractivity contribution is 8.00. The average molecular weight is 306 g/mol. The maximum atomic E-state index is 11.9. The second kappa shape index (κ2) is 6.62. The zero-order valence-electron chi connectivity index (χ0n) is 12.3. The van der Waals surface area contributed by atoms with Gasteiger partial charge in [-0.25, -0.2) is 0 Å². The number of nitrogens with one attached hydrogen (secondary N) is 1. The SMILES string of the molecule is C=CCNC(=O)[C@H](C)Sc1nnc(-c2ccoc2C)n1C. The lowest BCUT2D eigenvalue weighted by molar-refractivity contribution is -0.120. The maximum absolute atomic E-state index is 11.9. The molecule has 0 spiro atoms. The molecule has 0 fully saturated rings. The predicted octanol–water partition coefficient (Wildman–Crippen LogP) is 2.17. The van der Waals surface area contributed by atoms with Crippen molar-refractivity contribution in [2.24, 2.45) is 7.05 Å². The molecule has 0 saturated carbocycles. The second-order valence-electron chi connectivity index (χ2n) is 4.55. The van der Waals surface area contributed by atoms with Crippen LogP contribution in [0.3, 0.4) is 0 Å². The smallest absolute Gasteiger partial charge is 0.233 e. The molecule has 2 rings (SSSR count). The summed E-state index contributed by atoms with van der Waals surface area (Å²) in [6.07, 6.45) is 3.27. The van der Waals surface area contributed by atoms with Crippen LogP contribution in [-0.4, -0.2) is 32.5 Å². The van der Waals surface area contributed by atoms with Gasteiger partial charge in [0.25, 0.3) is 0 Å². The van der Waals surface area contributed by atoms with Crippen LogP contribution in [0.1, 0.15) is 12.7 Å². The predicted molar refractivity (Wildman–Crippen MR) is 82.0 cm³/mol. The first-order chi connectivity index (χ1) is 10.0. The number of thioether (sulfide) groups is 1. The van der Waals surface area contributed by atoms with Gasteiger partial charge in [0.05, 0.1) is 17.1 Å². The number of furan rings is 1. The number of amides is 1. The van der Waals surface area contributed by atoms with Crippen LogP contribution in [0.2, 0.25) is 0 Å². The zero-order chi connectivity index (χ0) is 15.4. The second-order valence-corrected chi connectivity index (χ2v) is 5.86. The van der Waals surface area contributed by atoms with Crippen LogP contribution in [0.5, 0.6) is 0 Å². The van der Waals surface area contributed by atoms with Crippen LogP contribution in [0.4, 0.5) is 0 Å². The molecule has 112 valence electrons. The summed E-state index contributed by atoms with van der Waals surface area (Å²) in [5, 5.41) is 11.5. The van der Waals surface area contributed by atoms with E-state index in [1.807, 2.05) is 31.5 Å². The van der Waals surface area contributed by atoms with Gasteiger partial charge in [0.2, 0.25) is 5.91 Å². The molecule has 0 saturated heterocycles. The van der Waals surface area contributed by atoms with Gasteiger partial charge in [-0.1, -0.05) is 17.8 Å². The number of carbonyl (C=O) groups excluding carboxylic acids is 1. The fourth-order valence-electron chi connectivity index (χ4n) is 1.80. The highest BCUT2D eigenvalue weighted by Crippen LogP contribution is 2.27. The molecule has 7 heteroatoms. The number of rotatable bonds is 6. The van der Waals surface area contributed by atoms with Gasteiger partial charge in [0, 0.05) is 13.6 Å².